The standard InChI is InChI=1S/C13H13F3N4O2S/c14-13(15,16)6-5-7(20-3-1-18-2-4-20)19-11-8(6)9(17)10(23-11)12(21)22/h5,18H,1-4,17H2,(H,21,22). The van der Waals surface area contributed by atoms with Gasteiger partial charge >= 0.3 is 12.1 Å². The number of anilines is 2. The summed E-state index contributed by atoms with van der Waals surface area (Å²) in [7, 11) is 0. The van der Waals surface area contributed by atoms with Gasteiger partial charge in [-0.1, -0.05) is 0 Å². The fourth-order valence-corrected chi connectivity index (χ4v) is 3.50. The zero-order chi connectivity index (χ0) is 16.8. The van der Waals surface area contributed by atoms with Crippen LogP contribution < -0.4 is 16.0 Å². The number of aromatic nitrogens is 1. The zero-order valence-corrected chi connectivity index (χ0v) is 12.6. The summed E-state index contributed by atoms with van der Waals surface area (Å²) in [4.78, 5) is 16.8. The van der Waals surface area contributed by atoms with Gasteiger partial charge in [0.05, 0.1) is 11.3 Å². The molecule has 2 aromatic heterocycles. The lowest BCUT2D eigenvalue weighted by molar-refractivity contribution is -0.136. The van der Waals surface area contributed by atoms with E-state index in [4.69, 9.17) is 10.8 Å². The van der Waals surface area contributed by atoms with Crippen LogP contribution in [0.25, 0.3) is 10.2 Å². The van der Waals surface area contributed by atoms with Crippen LogP contribution in [0.1, 0.15) is 15.2 Å². The van der Waals surface area contributed by atoms with E-state index in [2.05, 4.69) is 10.3 Å². The molecule has 1 saturated heterocycles. The largest absolute Gasteiger partial charge is 0.477 e. The third kappa shape index (κ3) is 2.79. The first-order valence-corrected chi connectivity index (χ1v) is 7.60. The summed E-state index contributed by atoms with van der Waals surface area (Å²) in [6.45, 7) is 2.35. The number of piperazine rings is 1. The SMILES string of the molecule is Nc1c(C(=O)O)sc2nc(N3CCNCC3)cc(C(F)(F)F)c12. The Balaban J connectivity index is 2.23. The average Bonchev–Trinajstić information content (AvgIpc) is 2.84. The van der Waals surface area contributed by atoms with Crippen molar-refractivity contribution in [2.24, 2.45) is 0 Å². The van der Waals surface area contributed by atoms with Gasteiger partial charge in [0, 0.05) is 31.6 Å². The quantitative estimate of drug-likeness (QED) is 0.770. The summed E-state index contributed by atoms with van der Waals surface area (Å²) in [6, 6.07) is 0.947. The molecule has 0 bridgehead atoms. The van der Waals surface area contributed by atoms with Gasteiger partial charge in [0.2, 0.25) is 0 Å². The van der Waals surface area contributed by atoms with Gasteiger partial charge in [-0.2, -0.15) is 13.2 Å². The van der Waals surface area contributed by atoms with E-state index in [1.165, 1.54) is 0 Å². The first kappa shape index (κ1) is 15.8. The minimum Gasteiger partial charge on any atom is -0.477 e. The molecule has 0 atom stereocenters. The predicted molar refractivity (Wildman–Crippen MR) is 81.1 cm³/mol. The molecule has 0 radical (unpaired) electrons. The Kier molecular flexibility index (Phi) is 3.80. The first-order chi connectivity index (χ1) is 10.8. The number of nitrogens with zero attached hydrogens (tertiary/aromatic N) is 2. The molecule has 0 spiro atoms. The molecule has 0 amide bonds. The summed E-state index contributed by atoms with van der Waals surface area (Å²) in [5, 5.41) is 11.9. The molecule has 6 nitrogen and oxygen atoms in total. The molecule has 0 saturated carbocycles. The smallest absolute Gasteiger partial charge is 0.417 e. The second-order valence-electron chi connectivity index (χ2n) is 5.09. The second kappa shape index (κ2) is 5.53. The lowest BCUT2D eigenvalue weighted by Crippen LogP contribution is -2.44. The van der Waals surface area contributed by atoms with Crippen molar-refractivity contribution >= 4 is 39.0 Å². The highest BCUT2D eigenvalue weighted by Gasteiger charge is 2.36. The highest BCUT2D eigenvalue weighted by molar-refractivity contribution is 7.21. The molecule has 0 aliphatic carbocycles. The van der Waals surface area contributed by atoms with Crippen LogP contribution >= 0.6 is 11.3 Å². The lowest BCUT2D eigenvalue weighted by atomic mass is 10.1. The molecule has 10 heteroatoms. The van der Waals surface area contributed by atoms with Gasteiger partial charge in [0.15, 0.2) is 0 Å². The molecule has 1 aliphatic heterocycles. The van der Waals surface area contributed by atoms with Crippen LogP contribution in [0.15, 0.2) is 6.07 Å². The molecule has 23 heavy (non-hydrogen) atoms. The molecular formula is C13H13F3N4O2S. The van der Waals surface area contributed by atoms with Gasteiger partial charge in [0.1, 0.15) is 15.5 Å². The van der Waals surface area contributed by atoms with Gasteiger partial charge in [-0.25, -0.2) is 9.78 Å². The summed E-state index contributed by atoms with van der Waals surface area (Å²) in [5.74, 6) is -1.17. The van der Waals surface area contributed by atoms with Crippen LogP contribution in [0.5, 0.6) is 0 Å². The Labute approximate surface area is 132 Å². The third-order valence-corrected chi connectivity index (χ3v) is 4.71. The van der Waals surface area contributed by atoms with E-state index in [1.54, 1.807) is 4.90 Å². The lowest BCUT2D eigenvalue weighted by Gasteiger charge is -2.29. The number of carboxylic acid groups (broad SMARTS) is 1. The van der Waals surface area contributed by atoms with Gasteiger partial charge in [0.25, 0.3) is 0 Å². The van der Waals surface area contributed by atoms with E-state index in [1.807, 2.05) is 0 Å². The van der Waals surface area contributed by atoms with E-state index >= 15 is 0 Å². The van der Waals surface area contributed by atoms with Gasteiger partial charge < -0.3 is 21.1 Å². The Morgan fingerprint density at radius 2 is 2.04 bits per heavy atom. The Bertz CT molecular complexity index is 769. The van der Waals surface area contributed by atoms with Crippen molar-refractivity contribution in [2.45, 2.75) is 6.18 Å². The molecule has 1 aliphatic rings. The van der Waals surface area contributed by atoms with Gasteiger partial charge in [-0.05, 0) is 6.07 Å². The van der Waals surface area contributed by atoms with E-state index in [-0.39, 0.29) is 26.6 Å². The molecule has 0 unspecified atom stereocenters. The highest BCUT2D eigenvalue weighted by atomic mass is 32.1. The number of pyridine rings is 1. The summed E-state index contributed by atoms with van der Waals surface area (Å²) >= 11 is 0.662. The number of fused-ring (bicyclic) bond motifs is 1. The number of thiophene rings is 1. The van der Waals surface area contributed by atoms with Crippen molar-refractivity contribution in [3.63, 3.8) is 0 Å². The van der Waals surface area contributed by atoms with Crippen LogP contribution in [0, 0.1) is 0 Å². The fourth-order valence-electron chi connectivity index (χ4n) is 2.55. The van der Waals surface area contributed by atoms with Crippen LogP contribution in [0.2, 0.25) is 0 Å². The van der Waals surface area contributed by atoms with Crippen molar-refractivity contribution in [2.75, 3.05) is 36.8 Å². The van der Waals surface area contributed by atoms with E-state index < -0.39 is 17.7 Å². The minimum absolute atomic E-state index is 0.0109. The number of hydrogen-bond donors (Lipinski definition) is 3. The number of alkyl halides is 3. The maximum absolute atomic E-state index is 13.4. The second-order valence-corrected chi connectivity index (χ2v) is 6.09. The first-order valence-electron chi connectivity index (χ1n) is 6.78. The maximum Gasteiger partial charge on any atom is 0.417 e. The van der Waals surface area contributed by atoms with Crippen LogP contribution in [0.3, 0.4) is 0 Å². The number of nitrogens with one attached hydrogen (secondary N) is 1. The number of rotatable bonds is 2. The van der Waals surface area contributed by atoms with Gasteiger partial charge in [-0.15, -0.1) is 11.3 Å². The summed E-state index contributed by atoms with van der Waals surface area (Å²) < 4.78 is 40.2. The molecule has 124 valence electrons. The van der Waals surface area contributed by atoms with Crippen LogP contribution in [-0.4, -0.2) is 42.2 Å². The number of hydrogen-bond acceptors (Lipinski definition) is 6. The van der Waals surface area contributed by atoms with Crippen molar-refractivity contribution in [1.82, 2.24) is 10.3 Å². The van der Waals surface area contributed by atoms with Crippen molar-refractivity contribution in [3.05, 3.63) is 16.5 Å². The monoisotopic (exact) mass is 346 g/mol. The number of carbonyl (C=O) groups is 1. The normalized spacial score (nSPS) is 16.0. The van der Waals surface area contributed by atoms with Crippen molar-refractivity contribution in [1.29, 1.82) is 0 Å². The summed E-state index contributed by atoms with van der Waals surface area (Å²) in [5.41, 5.74) is 4.30. The van der Waals surface area contributed by atoms with Gasteiger partial charge in [-0.3, -0.25) is 0 Å². The van der Waals surface area contributed by atoms with Crippen molar-refractivity contribution < 1.29 is 23.1 Å². The van der Waals surface area contributed by atoms with E-state index in [0.29, 0.717) is 37.5 Å². The maximum atomic E-state index is 13.4. The third-order valence-electron chi connectivity index (χ3n) is 3.63. The number of aromatic carboxylic acids is 1. The topological polar surface area (TPSA) is 91.5 Å². The Morgan fingerprint density at radius 3 is 2.61 bits per heavy atom. The van der Waals surface area contributed by atoms with Crippen molar-refractivity contribution in [3.8, 4) is 0 Å². The number of nitrogens with two attached hydrogens (primary N) is 1. The highest BCUT2D eigenvalue weighted by Crippen LogP contribution is 2.43. The van der Waals surface area contributed by atoms with E-state index in [9.17, 15) is 18.0 Å². The molecule has 3 heterocycles. The summed E-state index contributed by atoms with van der Waals surface area (Å²) in [6.07, 6.45) is -4.64. The minimum atomic E-state index is -4.64. The molecule has 4 N–H and O–H groups in total. The van der Waals surface area contributed by atoms with Crippen LogP contribution in [-0.2, 0) is 6.18 Å². The Morgan fingerprint density at radius 1 is 1.39 bits per heavy atom. The molecule has 3 rings (SSSR count). The molecule has 1 fully saturated rings. The number of halogens is 3. The molecule has 2 aromatic rings. The Hall–Kier alpha value is -2.07. The fraction of sp³-hybridized carbons (Fsp3) is 0.385. The van der Waals surface area contributed by atoms with E-state index in [0.717, 1.165) is 6.07 Å². The molecule has 0 aromatic carbocycles. The zero-order valence-electron chi connectivity index (χ0n) is 11.8. The molecular weight excluding hydrogens is 333 g/mol. The average molecular weight is 346 g/mol. The predicted octanol–water partition coefficient (Wildman–Crippen LogP) is 2.01. The van der Waals surface area contributed by atoms with Crippen LogP contribution in [0.4, 0.5) is 24.7 Å². The number of carboxylic acids is 1. The number of nitrogen functional groups attached to an aromatic ring is 1.